The Balaban J connectivity index is 1.10. The van der Waals surface area contributed by atoms with Gasteiger partial charge in [-0.15, -0.1) is 0 Å². The van der Waals surface area contributed by atoms with E-state index in [0.29, 0.717) is 17.3 Å². The Morgan fingerprint density at radius 3 is 2.39 bits per heavy atom. The molecule has 0 spiro atoms. The predicted octanol–water partition coefficient (Wildman–Crippen LogP) is 4.11. The number of anilines is 1. The zero-order valence-corrected chi connectivity index (χ0v) is 23.1. The van der Waals surface area contributed by atoms with E-state index in [4.69, 9.17) is 9.31 Å². The molecule has 8 rings (SSSR count). The second-order valence-electron chi connectivity index (χ2n) is 12.7. The monoisotopic (exact) mass is 534 g/mol. The van der Waals surface area contributed by atoms with Gasteiger partial charge in [-0.2, -0.15) is 0 Å². The van der Waals surface area contributed by atoms with Crippen LogP contribution in [0.15, 0.2) is 35.2 Å². The van der Waals surface area contributed by atoms with Crippen molar-refractivity contribution in [2.24, 2.45) is 17.3 Å². The van der Waals surface area contributed by atoms with Crippen LogP contribution in [0.5, 0.6) is 0 Å². The van der Waals surface area contributed by atoms with Gasteiger partial charge in [0, 0.05) is 5.69 Å². The van der Waals surface area contributed by atoms with Crippen molar-refractivity contribution in [1.82, 2.24) is 4.72 Å². The molecule has 6 aliphatic rings. The van der Waals surface area contributed by atoms with E-state index in [9.17, 15) is 13.2 Å². The summed E-state index contributed by atoms with van der Waals surface area (Å²) in [5.41, 5.74) is 6.19. The van der Waals surface area contributed by atoms with Gasteiger partial charge in [-0.25, -0.2) is 17.9 Å². The van der Waals surface area contributed by atoms with Gasteiger partial charge in [0.1, 0.15) is 0 Å². The molecule has 9 heteroatoms. The van der Waals surface area contributed by atoms with Gasteiger partial charge >= 0.3 is 13.1 Å². The molecule has 1 saturated heterocycles. The summed E-state index contributed by atoms with van der Waals surface area (Å²) in [7, 11) is -4.72. The molecule has 7 nitrogen and oxygen atoms in total. The van der Waals surface area contributed by atoms with Gasteiger partial charge in [-0.1, -0.05) is 32.0 Å². The zero-order valence-electron chi connectivity index (χ0n) is 22.3. The molecule has 4 atom stereocenters. The van der Waals surface area contributed by atoms with E-state index in [1.165, 1.54) is 17.2 Å². The predicted molar refractivity (Wildman–Crippen MR) is 146 cm³/mol. The zero-order chi connectivity index (χ0) is 26.4. The summed E-state index contributed by atoms with van der Waals surface area (Å²) in [6.07, 6.45) is 8.07. The minimum atomic E-state index is -4.10. The number of sulfonamides is 1. The molecule has 5 aliphatic carbocycles. The second-order valence-corrected chi connectivity index (χ2v) is 14.3. The summed E-state index contributed by atoms with van der Waals surface area (Å²) >= 11 is 0. The van der Waals surface area contributed by atoms with E-state index in [2.05, 4.69) is 36.9 Å². The first-order chi connectivity index (χ1) is 18.1. The third kappa shape index (κ3) is 3.61. The Morgan fingerprint density at radius 1 is 1.00 bits per heavy atom. The maximum atomic E-state index is 13.3. The summed E-state index contributed by atoms with van der Waals surface area (Å²) in [4.78, 5) is 13.0. The van der Waals surface area contributed by atoms with E-state index in [1.54, 1.807) is 12.1 Å². The van der Waals surface area contributed by atoms with Gasteiger partial charge in [0.15, 0.2) is 0 Å². The first kappa shape index (κ1) is 24.7. The summed E-state index contributed by atoms with van der Waals surface area (Å²) < 4.78 is 41.7. The first-order valence-corrected chi connectivity index (χ1v) is 15.5. The van der Waals surface area contributed by atoms with E-state index in [1.807, 2.05) is 6.07 Å². The minimum Gasteiger partial charge on any atom is -0.402 e. The van der Waals surface area contributed by atoms with Crippen LogP contribution in [0.4, 0.5) is 10.5 Å². The number of aryl methyl sites for hydroxylation is 2. The lowest BCUT2D eigenvalue weighted by atomic mass is 9.43. The summed E-state index contributed by atoms with van der Waals surface area (Å²) in [6, 6.07) is 8.13. The van der Waals surface area contributed by atoms with Gasteiger partial charge in [0.25, 0.3) is 10.0 Å². The second kappa shape index (κ2) is 8.32. The average Bonchev–Trinajstić information content (AvgIpc) is 3.61. The van der Waals surface area contributed by atoms with Crippen LogP contribution in [-0.4, -0.2) is 33.3 Å². The third-order valence-electron chi connectivity index (χ3n) is 10.3. The standard InChI is InChI=1S/C29H35BN2O5S/c1-28(2)19-14-24(28)29(3)25(15-19)36-30(37-29)20-9-6-10-21(16-20)38(34,35)32-27(33)31-26-22-11-4-7-17(22)13-18-8-5-12-23(18)26/h6,9-10,13,16,19,24-25H,4-5,7-8,11-12,14-15H2,1-3H3,(H2,31,32,33)/t19-,24-,25+,29-/m0/s1. The minimum absolute atomic E-state index is 0.00256. The first-order valence-electron chi connectivity index (χ1n) is 14.0. The fraction of sp³-hybridized carbons (Fsp3) is 0.552. The SMILES string of the molecule is CC1(C)[C@@H]2C[C@H]3OB(c4cccc(S(=O)(=O)NC(=O)Nc5c6c(cc7c5CCC7)CCC6)c4)O[C@@]3(C)[C@H]1C2. The van der Waals surface area contributed by atoms with Gasteiger partial charge in [-0.05, 0) is 115 Å². The number of amides is 2. The Labute approximate surface area is 225 Å². The van der Waals surface area contributed by atoms with Crippen molar-refractivity contribution in [3.8, 4) is 0 Å². The quantitative estimate of drug-likeness (QED) is 0.576. The highest BCUT2D eigenvalue weighted by Gasteiger charge is 2.68. The van der Waals surface area contributed by atoms with Crippen LogP contribution in [0, 0.1) is 17.3 Å². The maximum Gasteiger partial charge on any atom is 0.494 e. The number of carbonyl (C=O) groups is 1. The van der Waals surface area contributed by atoms with Crippen molar-refractivity contribution in [3.63, 3.8) is 0 Å². The molecule has 2 aromatic carbocycles. The molecule has 3 saturated carbocycles. The third-order valence-corrected chi connectivity index (χ3v) is 11.7. The number of nitrogens with one attached hydrogen (secondary N) is 2. The molecule has 2 aromatic rings. The van der Waals surface area contributed by atoms with Gasteiger partial charge < -0.3 is 14.6 Å². The van der Waals surface area contributed by atoms with Crippen LogP contribution < -0.4 is 15.5 Å². The topological polar surface area (TPSA) is 93.7 Å². The van der Waals surface area contributed by atoms with Crippen LogP contribution in [0.25, 0.3) is 0 Å². The van der Waals surface area contributed by atoms with E-state index in [-0.39, 0.29) is 22.0 Å². The van der Waals surface area contributed by atoms with Crippen molar-refractivity contribution < 1.29 is 22.5 Å². The fourth-order valence-electron chi connectivity index (χ4n) is 8.12. The number of carbonyl (C=O) groups excluding carboxylic acids is 1. The summed E-state index contributed by atoms with van der Waals surface area (Å²) in [6.45, 7) is 6.76. The van der Waals surface area contributed by atoms with E-state index in [0.717, 1.165) is 68.2 Å². The van der Waals surface area contributed by atoms with Crippen molar-refractivity contribution >= 4 is 34.3 Å². The van der Waals surface area contributed by atoms with E-state index < -0.39 is 23.2 Å². The smallest absolute Gasteiger partial charge is 0.402 e. The lowest BCUT2D eigenvalue weighted by Gasteiger charge is -2.64. The number of fused-ring (bicyclic) bond motifs is 2. The molecule has 1 aliphatic heterocycles. The number of benzene rings is 2. The molecule has 1 heterocycles. The van der Waals surface area contributed by atoms with Crippen molar-refractivity contribution in [1.29, 1.82) is 0 Å². The van der Waals surface area contributed by atoms with Crippen LogP contribution in [0.1, 0.15) is 68.7 Å². The van der Waals surface area contributed by atoms with Crippen LogP contribution >= 0.6 is 0 Å². The molecular formula is C29H35BN2O5S. The van der Waals surface area contributed by atoms with Crippen LogP contribution in [0.2, 0.25) is 0 Å². The largest absolute Gasteiger partial charge is 0.494 e. The molecule has 0 radical (unpaired) electrons. The van der Waals surface area contributed by atoms with Crippen molar-refractivity contribution in [3.05, 3.63) is 52.6 Å². The number of hydrogen-bond acceptors (Lipinski definition) is 5. The van der Waals surface area contributed by atoms with Crippen LogP contribution in [-0.2, 0) is 45.0 Å². The molecule has 2 amide bonds. The van der Waals surface area contributed by atoms with Gasteiger partial charge in [-0.3, -0.25) is 0 Å². The molecular weight excluding hydrogens is 499 g/mol. The lowest BCUT2D eigenvalue weighted by Crippen LogP contribution is -2.65. The number of urea groups is 1. The Kier molecular flexibility index (Phi) is 5.40. The Hall–Kier alpha value is -2.36. The average molecular weight is 534 g/mol. The van der Waals surface area contributed by atoms with Crippen molar-refractivity contribution in [2.75, 3.05) is 5.32 Å². The fourth-order valence-corrected chi connectivity index (χ4v) is 9.09. The molecule has 200 valence electrons. The molecule has 2 N–H and O–H groups in total. The highest BCUT2D eigenvalue weighted by molar-refractivity contribution is 7.90. The lowest BCUT2D eigenvalue weighted by molar-refractivity contribution is -0.199. The Bertz CT molecular complexity index is 1420. The molecule has 38 heavy (non-hydrogen) atoms. The van der Waals surface area contributed by atoms with Crippen molar-refractivity contribution in [2.45, 2.75) is 88.7 Å². The highest BCUT2D eigenvalue weighted by atomic mass is 32.2. The van der Waals surface area contributed by atoms with Crippen LogP contribution in [0.3, 0.4) is 0 Å². The van der Waals surface area contributed by atoms with E-state index >= 15 is 0 Å². The molecule has 0 aromatic heterocycles. The highest BCUT2D eigenvalue weighted by Crippen LogP contribution is 2.65. The number of hydrogen-bond donors (Lipinski definition) is 2. The Morgan fingerprint density at radius 2 is 1.71 bits per heavy atom. The normalized spacial score (nSPS) is 30.3. The van der Waals surface area contributed by atoms with Gasteiger partial charge in [0.05, 0.1) is 16.6 Å². The molecule has 4 fully saturated rings. The number of rotatable bonds is 4. The molecule has 2 bridgehead atoms. The maximum absolute atomic E-state index is 13.3. The molecule has 0 unspecified atom stereocenters. The summed E-state index contributed by atoms with van der Waals surface area (Å²) in [5, 5.41) is 2.92. The summed E-state index contributed by atoms with van der Waals surface area (Å²) in [5.74, 6) is 1.05. The van der Waals surface area contributed by atoms with Gasteiger partial charge in [0.2, 0.25) is 0 Å².